The van der Waals surface area contributed by atoms with Gasteiger partial charge in [-0.2, -0.15) is 5.26 Å². The molecular formula is C4H7N9O3. The summed E-state index contributed by atoms with van der Waals surface area (Å²) in [5.74, 6) is -1.65. The highest BCUT2D eigenvalue weighted by atomic mass is 16.7. The lowest BCUT2D eigenvalue weighted by atomic mass is 10.8. The second kappa shape index (κ2) is 4.95. The molecule has 0 unspecified atom stereocenters. The Morgan fingerprint density at radius 1 is 1.50 bits per heavy atom. The lowest BCUT2D eigenvalue weighted by molar-refractivity contribution is -0.614. The first-order chi connectivity index (χ1) is 7.31. The van der Waals surface area contributed by atoms with E-state index in [1.54, 1.807) is 0 Å². The smallest absolute Gasteiger partial charge is 0.369 e. The zero-order valence-corrected chi connectivity index (χ0v) is 7.69. The quantitative estimate of drug-likeness (QED) is 0.0994. The van der Waals surface area contributed by atoms with E-state index in [0.717, 1.165) is 6.19 Å². The van der Waals surface area contributed by atoms with E-state index >= 15 is 0 Å². The minimum atomic E-state index is -1.59. The summed E-state index contributed by atoms with van der Waals surface area (Å²) in [6.07, 6.45) is 0.950. The van der Waals surface area contributed by atoms with Crippen LogP contribution in [-0.2, 0) is 0 Å². The van der Waals surface area contributed by atoms with Crippen LogP contribution in [0.2, 0.25) is 0 Å². The van der Waals surface area contributed by atoms with E-state index in [1.807, 2.05) is 0 Å². The van der Waals surface area contributed by atoms with Crippen LogP contribution in [0.5, 0.6) is 0 Å². The van der Waals surface area contributed by atoms with Crippen molar-refractivity contribution in [1.29, 1.82) is 10.7 Å². The van der Waals surface area contributed by atoms with Crippen LogP contribution in [0.3, 0.4) is 0 Å². The van der Waals surface area contributed by atoms with Gasteiger partial charge in [-0.05, 0) is 0 Å². The van der Waals surface area contributed by atoms with Gasteiger partial charge >= 0.3 is 6.03 Å². The molecule has 0 aromatic carbocycles. The first kappa shape index (κ1) is 12.9. The van der Waals surface area contributed by atoms with Gasteiger partial charge in [0.15, 0.2) is 5.03 Å². The monoisotopic (exact) mass is 229 g/mol. The number of hydrogen-bond donors (Lipinski definition) is 4. The molecule has 0 aliphatic carbocycles. The van der Waals surface area contributed by atoms with Crippen molar-refractivity contribution in [1.82, 2.24) is 10.0 Å². The van der Waals surface area contributed by atoms with Crippen molar-refractivity contribution in [3.05, 3.63) is 10.1 Å². The minimum absolute atomic E-state index is 0.00134. The maximum Gasteiger partial charge on any atom is 0.423 e. The Bertz CT molecular complexity index is 390. The van der Waals surface area contributed by atoms with Crippen LogP contribution in [0.4, 0.5) is 4.79 Å². The number of urea groups is 1. The Hall–Kier alpha value is -3.10. The van der Waals surface area contributed by atoms with Crippen molar-refractivity contribution in [2.45, 2.75) is 0 Å². The SMILES string of the molecule is N#CN(C(=O)N(N=C(N)N)C(=N)N)[N+](=O)[O-]. The molecule has 0 aliphatic rings. The number of guanidine groups is 2. The number of rotatable bonds is 2. The number of nitrogens with two attached hydrogens (primary N) is 3. The molecule has 0 aromatic heterocycles. The number of carbonyl (C=O) groups excluding carboxylic acids is 1. The fourth-order valence-corrected chi connectivity index (χ4v) is 0.554. The molecule has 86 valence electrons. The zero-order chi connectivity index (χ0) is 12.9. The molecule has 0 saturated carbocycles. The first-order valence-corrected chi connectivity index (χ1v) is 3.43. The lowest BCUT2D eigenvalue weighted by Crippen LogP contribution is -2.47. The molecule has 0 atom stereocenters. The van der Waals surface area contributed by atoms with Gasteiger partial charge in [-0.1, -0.05) is 0 Å². The maximum absolute atomic E-state index is 11.2. The molecule has 0 fully saturated rings. The predicted molar refractivity (Wildman–Crippen MR) is 49.4 cm³/mol. The Morgan fingerprint density at radius 2 is 2.00 bits per heavy atom. The number of nitro groups is 1. The number of nitrogens with zero attached hydrogens (tertiary/aromatic N) is 5. The normalized spacial score (nSPS) is 8.44. The molecule has 0 aromatic rings. The van der Waals surface area contributed by atoms with Gasteiger partial charge in [0.2, 0.25) is 11.9 Å². The molecule has 0 aliphatic heterocycles. The number of hydrazone groups is 1. The average molecular weight is 229 g/mol. The summed E-state index contributed by atoms with van der Waals surface area (Å²) in [6.45, 7) is 0. The van der Waals surface area contributed by atoms with Crippen molar-refractivity contribution in [2.75, 3.05) is 0 Å². The molecular weight excluding hydrogens is 222 g/mol. The standard InChI is InChI=1S/C4H7N9O3/c5-1-11(13(15)16)4(14)12(3(8)9)10-2(6)7/h(H3,8,9)(H4,6,7,10). The molecule has 0 spiro atoms. The lowest BCUT2D eigenvalue weighted by Gasteiger charge is -2.14. The third kappa shape index (κ3) is 2.99. The second-order valence-corrected chi connectivity index (χ2v) is 2.15. The second-order valence-electron chi connectivity index (χ2n) is 2.15. The summed E-state index contributed by atoms with van der Waals surface area (Å²) in [4.78, 5) is 21.5. The summed E-state index contributed by atoms with van der Waals surface area (Å²) in [6, 6.07) is -1.59. The summed E-state index contributed by atoms with van der Waals surface area (Å²) in [7, 11) is 0. The van der Waals surface area contributed by atoms with Crippen molar-refractivity contribution in [3.8, 4) is 6.19 Å². The molecule has 0 rings (SSSR count). The van der Waals surface area contributed by atoms with E-state index in [2.05, 4.69) is 5.10 Å². The number of carbonyl (C=O) groups is 1. The van der Waals surface area contributed by atoms with Crippen LogP contribution in [0.1, 0.15) is 0 Å². The van der Waals surface area contributed by atoms with E-state index in [0.29, 0.717) is 0 Å². The van der Waals surface area contributed by atoms with Crippen LogP contribution in [0.25, 0.3) is 0 Å². The van der Waals surface area contributed by atoms with Gasteiger partial charge < -0.3 is 17.2 Å². The molecule has 0 saturated heterocycles. The van der Waals surface area contributed by atoms with Crippen molar-refractivity contribution in [2.24, 2.45) is 22.3 Å². The number of amides is 2. The third-order valence-electron chi connectivity index (χ3n) is 1.06. The predicted octanol–water partition coefficient (Wildman–Crippen LogP) is -2.53. The summed E-state index contributed by atoms with van der Waals surface area (Å²) in [5, 5.41) is 26.6. The van der Waals surface area contributed by atoms with Gasteiger partial charge in [-0.15, -0.1) is 10.1 Å². The Labute approximate surface area is 88.1 Å². The van der Waals surface area contributed by atoms with E-state index in [9.17, 15) is 14.9 Å². The van der Waals surface area contributed by atoms with Crippen LogP contribution in [0.15, 0.2) is 5.10 Å². The van der Waals surface area contributed by atoms with Crippen LogP contribution in [-0.4, -0.2) is 33.0 Å². The Morgan fingerprint density at radius 3 is 2.25 bits per heavy atom. The number of nitriles is 1. The molecule has 16 heavy (non-hydrogen) atoms. The Kier molecular flexibility index (Phi) is 3.99. The zero-order valence-electron chi connectivity index (χ0n) is 7.69. The Balaban J connectivity index is 5.19. The molecule has 2 amide bonds. The van der Waals surface area contributed by atoms with Crippen molar-refractivity contribution >= 4 is 18.0 Å². The molecule has 12 nitrogen and oxygen atoms in total. The van der Waals surface area contributed by atoms with Crippen LogP contribution < -0.4 is 17.2 Å². The number of nitrogens with one attached hydrogen (secondary N) is 1. The fraction of sp³-hybridized carbons (Fsp3) is 0. The first-order valence-electron chi connectivity index (χ1n) is 3.43. The van der Waals surface area contributed by atoms with Gasteiger partial charge in [-0.25, -0.2) is 14.9 Å². The summed E-state index contributed by atoms with van der Waals surface area (Å²) in [5.41, 5.74) is 14.7. The highest BCUT2D eigenvalue weighted by Gasteiger charge is 2.32. The maximum atomic E-state index is 11.2. The van der Waals surface area contributed by atoms with E-state index in [4.69, 9.17) is 27.9 Å². The van der Waals surface area contributed by atoms with Gasteiger partial charge in [0.1, 0.15) is 0 Å². The largest absolute Gasteiger partial charge is 0.423 e. The highest BCUT2D eigenvalue weighted by Crippen LogP contribution is 1.98. The minimum Gasteiger partial charge on any atom is -0.369 e. The number of hydrogen-bond acceptors (Lipinski definition) is 6. The van der Waals surface area contributed by atoms with E-state index < -0.39 is 28.0 Å². The van der Waals surface area contributed by atoms with Gasteiger partial charge in [0, 0.05) is 0 Å². The van der Waals surface area contributed by atoms with E-state index in [1.165, 1.54) is 0 Å². The van der Waals surface area contributed by atoms with Crippen LogP contribution in [0, 0.1) is 27.0 Å². The van der Waals surface area contributed by atoms with Crippen LogP contribution >= 0.6 is 0 Å². The molecule has 0 heterocycles. The molecule has 0 radical (unpaired) electrons. The van der Waals surface area contributed by atoms with Crippen molar-refractivity contribution < 1.29 is 9.83 Å². The van der Waals surface area contributed by atoms with Crippen molar-refractivity contribution in [3.63, 3.8) is 0 Å². The van der Waals surface area contributed by atoms with E-state index in [-0.39, 0.29) is 5.01 Å². The van der Waals surface area contributed by atoms with Gasteiger partial charge in [0.05, 0.1) is 5.01 Å². The molecule has 0 bridgehead atoms. The summed E-state index contributed by atoms with van der Waals surface area (Å²) < 4.78 is 0. The number of hydrazine groups is 1. The van der Waals surface area contributed by atoms with Gasteiger partial charge in [0.25, 0.3) is 6.19 Å². The summed E-state index contributed by atoms with van der Waals surface area (Å²) >= 11 is 0. The third-order valence-corrected chi connectivity index (χ3v) is 1.06. The van der Waals surface area contributed by atoms with Gasteiger partial charge in [-0.3, -0.25) is 5.41 Å². The fourth-order valence-electron chi connectivity index (χ4n) is 0.554. The topological polar surface area (TPSA) is 205 Å². The average Bonchev–Trinajstić information content (AvgIpc) is 2.13. The molecule has 7 N–H and O–H groups in total. The molecule has 12 heteroatoms. The highest BCUT2D eigenvalue weighted by molar-refractivity contribution is 5.95.